The van der Waals surface area contributed by atoms with Gasteiger partial charge < -0.3 is 4.74 Å². The minimum Gasteiger partial charge on any atom is -0.390 e. The molecule has 0 bridgehead atoms. The first-order valence-electron chi connectivity index (χ1n) is 9.13. The summed E-state index contributed by atoms with van der Waals surface area (Å²) in [5.41, 5.74) is 2.71. The van der Waals surface area contributed by atoms with Crippen LogP contribution in [0.5, 0.6) is 0 Å². The van der Waals surface area contributed by atoms with Gasteiger partial charge >= 0.3 is 11.9 Å². The van der Waals surface area contributed by atoms with E-state index in [2.05, 4.69) is 0 Å². The number of benzene rings is 3. The van der Waals surface area contributed by atoms with Crippen molar-refractivity contribution in [3.8, 4) is 0 Å². The van der Waals surface area contributed by atoms with Gasteiger partial charge in [-0.25, -0.2) is 4.79 Å². The number of rotatable bonds is 5. The predicted octanol–water partition coefficient (Wildman–Crippen LogP) is 5.06. The van der Waals surface area contributed by atoms with Crippen LogP contribution in [0.1, 0.15) is 30.5 Å². The third-order valence-electron chi connectivity index (χ3n) is 4.68. The van der Waals surface area contributed by atoms with E-state index in [0.29, 0.717) is 5.57 Å². The molecule has 3 nitrogen and oxygen atoms in total. The summed E-state index contributed by atoms with van der Waals surface area (Å²) < 4.78 is 4.82. The lowest BCUT2D eigenvalue weighted by molar-refractivity contribution is -0.155. The maximum Gasteiger partial charge on any atom is 0.341 e. The van der Waals surface area contributed by atoms with Crippen molar-refractivity contribution in [3.05, 3.63) is 119 Å². The number of esters is 2. The van der Waals surface area contributed by atoms with Crippen LogP contribution in [0.15, 0.2) is 103 Å². The normalized spacial score (nSPS) is 11.7. The van der Waals surface area contributed by atoms with Gasteiger partial charge in [-0.3, -0.25) is 4.79 Å². The van der Waals surface area contributed by atoms with E-state index in [9.17, 15) is 9.59 Å². The van der Waals surface area contributed by atoms with Crippen molar-refractivity contribution in [2.24, 2.45) is 0 Å². The minimum absolute atomic E-state index is 0.367. The molecule has 0 aromatic heterocycles. The highest BCUT2D eigenvalue weighted by atomic mass is 16.6. The predicted molar refractivity (Wildman–Crippen MR) is 110 cm³/mol. The Morgan fingerprint density at radius 1 is 0.679 bits per heavy atom. The molecule has 0 N–H and O–H groups in total. The molecule has 0 atom stereocenters. The molecule has 3 rings (SSSR count). The number of carbonyl (C=O) groups is 2. The van der Waals surface area contributed by atoms with Gasteiger partial charge in [0.2, 0.25) is 0 Å². The quantitative estimate of drug-likeness (QED) is 0.273. The number of ether oxygens (including phenoxy) is 1. The fourth-order valence-electron chi connectivity index (χ4n) is 3.45. The van der Waals surface area contributed by atoms with E-state index in [-0.39, 0.29) is 0 Å². The fraction of sp³-hybridized carbons (Fsp3) is 0.120. The molecule has 28 heavy (non-hydrogen) atoms. The van der Waals surface area contributed by atoms with Crippen LogP contribution in [-0.2, 0) is 19.7 Å². The second-order valence-electron chi connectivity index (χ2n) is 6.61. The van der Waals surface area contributed by atoms with E-state index >= 15 is 0 Å². The standard InChI is InChI=1S/C25H22O3/c1-19(24(27)28-20(2)26)18-25(21-12-6-3-7-13-21,22-14-8-4-9-15-22)23-16-10-5-11-17-23/h3-18H,1-2H3. The maximum atomic E-state index is 12.4. The number of hydrogen-bond donors (Lipinski definition) is 0. The van der Waals surface area contributed by atoms with Gasteiger partial charge in [-0.05, 0) is 23.6 Å². The van der Waals surface area contributed by atoms with Gasteiger partial charge in [-0.15, -0.1) is 0 Å². The Hall–Kier alpha value is -3.46. The highest BCUT2D eigenvalue weighted by Crippen LogP contribution is 2.41. The summed E-state index contributed by atoms with van der Waals surface area (Å²) in [4.78, 5) is 23.7. The summed E-state index contributed by atoms with van der Waals surface area (Å²) in [7, 11) is 0. The van der Waals surface area contributed by atoms with Crippen LogP contribution in [-0.4, -0.2) is 11.9 Å². The van der Waals surface area contributed by atoms with Crippen LogP contribution in [0.4, 0.5) is 0 Å². The highest BCUT2D eigenvalue weighted by Gasteiger charge is 2.35. The van der Waals surface area contributed by atoms with Gasteiger partial charge in [0.15, 0.2) is 0 Å². The van der Waals surface area contributed by atoms with E-state index in [0.717, 1.165) is 16.7 Å². The third-order valence-corrected chi connectivity index (χ3v) is 4.68. The van der Waals surface area contributed by atoms with Crippen molar-refractivity contribution in [1.82, 2.24) is 0 Å². The summed E-state index contributed by atoms with van der Waals surface area (Å²) >= 11 is 0. The molecule has 0 saturated heterocycles. The average Bonchev–Trinajstić information content (AvgIpc) is 2.73. The van der Waals surface area contributed by atoms with Gasteiger partial charge in [0.1, 0.15) is 0 Å². The summed E-state index contributed by atoms with van der Waals surface area (Å²) in [6, 6.07) is 30.0. The fourth-order valence-corrected chi connectivity index (χ4v) is 3.45. The monoisotopic (exact) mass is 370 g/mol. The molecule has 0 radical (unpaired) electrons. The molecule has 0 amide bonds. The molecule has 0 fully saturated rings. The van der Waals surface area contributed by atoms with E-state index in [4.69, 9.17) is 4.74 Å². The van der Waals surface area contributed by atoms with E-state index in [1.807, 2.05) is 97.1 Å². The first-order valence-corrected chi connectivity index (χ1v) is 9.13. The summed E-state index contributed by atoms with van der Waals surface area (Å²) in [6.07, 6.45) is 1.89. The molecule has 0 aliphatic rings. The Bertz CT molecular complexity index is 877. The second-order valence-corrected chi connectivity index (χ2v) is 6.61. The zero-order valence-electron chi connectivity index (χ0n) is 16.0. The van der Waals surface area contributed by atoms with Crippen molar-refractivity contribution in [3.63, 3.8) is 0 Å². The lowest BCUT2D eigenvalue weighted by atomic mass is 9.68. The Kier molecular flexibility index (Phi) is 5.85. The SMILES string of the molecule is CC(=O)OC(=O)C(C)=CC(c1ccccc1)(c1ccccc1)c1ccccc1. The Morgan fingerprint density at radius 2 is 1.04 bits per heavy atom. The lowest BCUT2D eigenvalue weighted by Gasteiger charge is -2.33. The maximum absolute atomic E-state index is 12.4. The first-order chi connectivity index (χ1) is 13.5. The molecule has 3 heteroatoms. The molecule has 0 spiro atoms. The summed E-state index contributed by atoms with van der Waals surface area (Å²) in [5.74, 6) is -1.26. The smallest absolute Gasteiger partial charge is 0.341 e. The zero-order valence-corrected chi connectivity index (χ0v) is 16.0. The van der Waals surface area contributed by atoms with Gasteiger partial charge in [-0.2, -0.15) is 0 Å². The Balaban J connectivity index is 2.31. The van der Waals surface area contributed by atoms with Crippen LogP contribution in [0.2, 0.25) is 0 Å². The first kappa shape index (κ1) is 19.3. The van der Waals surface area contributed by atoms with Crippen LogP contribution in [0.25, 0.3) is 0 Å². The third kappa shape index (κ3) is 3.94. The summed E-state index contributed by atoms with van der Waals surface area (Å²) in [5, 5.41) is 0. The van der Waals surface area contributed by atoms with E-state index < -0.39 is 17.4 Å². The van der Waals surface area contributed by atoms with Crippen LogP contribution in [0, 0.1) is 0 Å². The zero-order chi connectivity index (χ0) is 20.0. The van der Waals surface area contributed by atoms with Crippen LogP contribution < -0.4 is 0 Å². The van der Waals surface area contributed by atoms with Gasteiger partial charge in [0.05, 0.1) is 5.41 Å². The highest BCUT2D eigenvalue weighted by molar-refractivity contribution is 5.95. The van der Waals surface area contributed by atoms with Crippen molar-refractivity contribution in [1.29, 1.82) is 0 Å². The van der Waals surface area contributed by atoms with Crippen molar-refractivity contribution in [2.45, 2.75) is 19.3 Å². The van der Waals surface area contributed by atoms with Crippen molar-refractivity contribution < 1.29 is 14.3 Å². The number of allylic oxidation sites excluding steroid dienone is 1. The van der Waals surface area contributed by atoms with Crippen molar-refractivity contribution >= 4 is 11.9 Å². The lowest BCUT2D eigenvalue weighted by Crippen LogP contribution is -2.28. The van der Waals surface area contributed by atoms with E-state index in [1.165, 1.54) is 6.92 Å². The molecule has 0 aliphatic heterocycles. The molecule has 3 aromatic rings. The molecule has 0 unspecified atom stereocenters. The molecule has 0 heterocycles. The molecular weight excluding hydrogens is 348 g/mol. The van der Waals surface area contributed by atoms with Gasteiger partial charge in [0, 0.05) is 12.5 Å². The number of carbonyl (C=O) groups excluding carboxylic acids is 2. The van der Waals surface area contributed by atoms with Crippen molar-refractivity contribution in [2.75, 3.05) is 0 Å². The van der Waals surface area contributed by atoms with Crippen LogP contribution in [0.3, 0.4) is 0 Å². The summed E-state index contributed by atoms with van der Waals surface area (Å²) in [6.45, 7) is 2.90. The Labute approximate surface area is 165 Å². The number of hydrogen-bond acceptors (Lipinski definition) is 3. The topological polar surface area (TPSA) is 43.4 Å². The minimum atomic E-state index is -0.705. The molecule has 0 aliphatic carbocycles. The average molecular weight is 370 g/mol. The Morgan fingerprint density at radius 3 is 1.36 bits per heavy atom. The second kappa shape index (κ2) is 8.49. The van der Waals surface area contributed by atoms with Crippen LogP contribution >= 0.6 is 0 Å². The van der Waals surface area contributed by atoms with Gasteiger partial charge in [0.25, 0.3) is 0 Å². The van der Waals surface area contributed by atoms with Gasteiger partial charge in [-0.1, -0.05) is 97.1 Å². The molecular formula is C25H22O3. The molecule has 0 saturated carbocycles. The molecule has 140 valence electrons. The molecule has 3 aromatic carbocycles. The van der Waals surface area contributed by atoms with E-state index in [1.54, 1.807) is 6.92 Å². The largest absolute Gasteiger partial charge is 0.390 e.